The first-order valence-corrected chi connectivity index (χ1v) is 7.66. The average Bonchev–Trinajstić information content (AvgIpc) is 2.99. The zero-order valence-corrected chi connectivity index (χ0v) is 13.4. The molecule has 1 aromatic heterocycles. The van der Waals surface area contributed by atoms with Crippen molar-refractivity contribution in [3.05, 3.63) is 59.4 Å². The van der Waals surface area contributed by atoms with E-state index in [9.17, 15) is 4.79 Å². The first-order valence-electron chi connectivity index (χ1n) is 7.66. The van der Waals surface area contributed by atoms with Crippen LogP contribution in [0.15, 0.2) is 42.6 Å². The average molecular weight is 297 g/mol. The molecule has 0 unspecified atom stereocenters. The van der Waals surface area contributed by atoms with Crippen LogP contribution in [-0.4, -0.2) is 15.7 Å². The second-order valence-electron chi connectivity index (χ2n) is 5.54. The van der Waals surface area contributed by atoms with Gasteiger partial charge in [-0.1, -0.05) is 38.1 Å². The van der Waals surface area contributed by atoms with Gasteiger partial charge >= 0.3 is 0 Å². The topological polar surface area (TPSA) is 46.9 Å². The van der Waals surface area contributed by atoms with Gasteiger partial charge in [-0.05, 0) is 36.1 Å². The van der Waals surface area contributed by atoms with Crippen molar-refractivity contribution in [1.82, 2.24) is 15.1 Å². The van der Waals surface area contributed by atoms with Gasteiger partial charge in [-0.3, -0.25) is 9.48 Å². The Morgan fingerprint density at radius 1 is 1.27 bits per heavy atom. The Kier molecular flexibility index (Phi) is 5.53. The van der Waals surface area contributed by atoms with Crippen molar-refractivity contribution in [2.75, 3.05) is 0 Å². The molecule has 4 heteroatoms. The smallest absolute Gasteiger partial charge is 0.244 e. The summed E-state index contributed by atoms with van der Waals surface area (Å²) in [4.78, 5) is 11.8. The van der Waals surface area contributed by atoms with E-state index in [1.54, 1.807) is 6.08 Å². The summed E-state index contributed by atoms with van der Waals surface area (Å²) in [6, 6.07) is 10.2. The van der Waals surface area contributed by atoms with Gasteiger partial charge in [-0.2, -0.15) is 5.10 Å². The lowest BCUT2D eigenvalue weighted by atomic mass is 10.0. The molecular formula is C18H23N3O. The number of aryl methyl sites for hydroxylation is 1. The maximum absolute atomic E-state index is 11.8. The third-order valence-corrected chi connectivity index (χ3v) is 3.49. The first-order chi connectivity index (χ1) is 10.6. The van der Waals surface area contributed by atoms with Gasteiger partial charge in [-0.25, -0.2) is 0 Å². The highest BCUT2D eigenvalue weighted by atomic mass is 16.1. The van der Waals surface area contributed by atoms with Crippen LogP contribution in [0.4, 0.5) is 0 Å². The highest BCUT2D eigenvalue weighted by Gasteiger charge is 2.01. The lowest BCUT2D eigenvalue weighted by molar-refractivity contribution is -0.116. The number of hydrogen-bond donors (Lipinski definition) is 1. The molecule has 0 spiro atoms. The summed E-state index contributed by atoms with van der Waals surface area (Å²) in [5, 5.41) is 7.16. The molecule has 0 atom stereocenters. The number of amides is 1. The molecule has 0 aliphatic carbocycles. The van der Waals surface area contributed by atoms with Crippen molar-refractivity contribution in [2.45, 2.75) is 39.8 Å². The molecule has 0 aliphatic heterocycles. The van der Waals surface area contributed by atoms with Gasteiger partial charge in [0.15, 0.2) is 0 Å². The number of carbonyl (C=O) groups excluding carboxylic acids is 1. The maximum Gasteiger partial charge on any atom is 0.244 e. The van der Waals surface area contributed by atoms with Gasteiger partial charge in [0, 0.05) is 18.8 Å². The van der Waals surface area contributed by atoms with E-state index in [2.05, 4.69) is 36.4 Å². The van der Waals surface area contributed by atoms with Crippen LogP contribution in [0, 0.1) is 0 Å². The predicted octanol–water partition coefficient (Wildman–Crippen LogP) is 3.36. The van der Waals surface area contributed by atoms with Crippen LogP contribution in [0.5, 0.6) is 0 Å². The van der Waals surface area contributed by atoms with Crippen LogP contribution in [0.3, 0.4) is 0 Å². The molecule has 0 saturated carbocycles. The summed E-state index contributed by atoms with van der Waals surface area (Å²) in [7, 11) is 0. The minimum Gasteiger partial charge on any atom is -0.347 e. The Balaban J connectivity index is 1.85. The van der Waals surface area contributed by atoms with Crippen LogP contribution in [-0.2, 0) is 17.9 Å². The first kappa shape index (κ1) is 16.0. The van der Waals surface area contributed by atoms with E-state index < -0.39 is 0 Å². The Hall–Kier alpha value is -2.36. The standard InChI is InChI=1S/C18H23N3O/c1-4-21-12-11-17(20-21)13-19-18(22)10-7-15-5-8-16(9-6-15)14(2)3/h5-12,14H,4,13H2,1-3H3,(H,19,22)/b10-7+. The van der Waals surface area contributed by atoms with E-state index in [4.69, 9.17) is 0 Å². The van der Waals surface area contributed by atoms with Crippen LogP contribution in [0.2, 0.25) is 0 Å². The zero-order chi connectivity index (χ0) is 15.9. The third kappa shape index (κ3) is 4.58. The molecule has 0 saturated heterocycles. The molecule has 2 rings (SSSR count). The number of carbonyl (C=O) groups is 1. The normalized spacial score (nSPS) is 11.3. The van der Waals surface area contributed by atoms with E-state index in [0.29, 0.717) is 12.5 Å². The van der Waals surface area contributed by atoms with E-state index in [1.165, 1.54) is 5.56 Å². The van der Waals surface area contributed by atoms with Crippen LogP contribution >= 0.6 is 0 Å². The molecule has 1 amide bonds. The second kappa shape index (κ2) is 7.59. The number of aromatic nitrogens is 2. The van der Waals surface area contributed by atoms with Crippen LogP contribution in [0.25, 0.3) is 6.08 Å². The number of nitrogens with one attached hydrogen (secondary N) is 1. The number of benzene rings is 1. The summed E-state index contributed by atoms with van der Waals surface area (Å²) in [5.74, 6) is 0.406. The van der Waals surface area contributed by atoms with E-state index >= 15 is 0 Å². The summed E-state index contributed by atoms with van der Waals surface area (Å²) in [6.07, 6.45) is 5.29. The lowest BCUT2D eigenvalue weighted by Crippen LogP contribution is -2.20. The van der Waals surface area contributed by atoms with Crippen LogP contribution < -0.4 is 5.32 Å². The quantitative estimate of drug-likeness (QED) is 0.831. The predicted molar refractivity (Wildman–Crippen MR) is 89.3 cm³/mol. The summed E-state index contributed by atoms with van der Waals surface area (Å²) < 4.78 is 1.84. The lowest BCUT2D eigenvalue weighted by Gasteiger charge is -2.04. The molecule has 1 N–H and O–H groups in total. The molecule has 1 heterocycles. The van der Waals surface area contributed by atoms with Gasteiger partial charge in [0.25, 0.3) is 0 Å². The Morgan fingerprint density at radius 3 is 2.59 bits per heavy atom. The summed E-state index contributed by atoms with van der Waals surface area (Å²) >= 11 is 0. The van der Waals surface area contributed by atoms with Gasteiger partial charge in [0.05, 0.1) is 12.2 Å². The monoisotopic (exact) mass is 297 g/mol. The van der Waals surface area contributed by atoms with Gasteiger partial charge in [-0.15, -0.1) is 0 Å². The molecule has 2 aromatic rings. The summed E-state index contributed by atoms with van der Waals surface area (Å²) in [5.41, 5.74) is 3.19. The fourth-order valence-electron chi connectivity index (χ4n) is 2.07. The largest absolute Gasteiger partial charge is 0.347 e. The molecule has 22 heavy (non-hydrogen) atoms. The third-order valence-electron chi connectivity index (χ3n) is 3.49. The highest BCUT2D eigenvalue weighted by molar-refractivity contribution is 5.91. The SMILES string of the molecule is CCn1ccc(CNC(=O)/C=C/c2ccc(C(C)C)cc2)n1. The molecular weight excluding hydrogens is 274 g/mol. The van der Waals surface area contributed by atoms with Crippen molar-refractivity contribution in [3.8, 4) is 0 Å². The Labute approximate surface area is 131 Å². The van der Waals surface area contributed by atoms with Crippen molar-refractivity contribution in [3.63, 3.8) is 0 Å². The van der Waals surface area contributed by atoms with Gasteiger partial charge in [0.2, 0.25) is 5.91 Å². The molecule has 0 aliphatic rings. The van der Waals surface area contributed by atoms with Crippen molar-refractivity contribution in [1.29, 1.82) is 0 Å². The number of rotatable bonds is 6. The van der Waals surface area contributed by atoms with Gasteiger partial charge in [0.1, 0.15) is 0 Å². The van der Waals surface area contributed by atoms with Crippen molar-refractivity contribution in [2.24, 2.45) is 0 Å². The van der Waals surface area contributed by atoms with Gasteiger partial charge < -0.3 is 5.32 Å². The molecule has 0 radical (unpaired) electrons. The minimum atomic E-state index is -0.112. The second-order valence-corrected chi connectivity index (χ2v) is 5.54. The Bertz CT molecular complexity index is 639. The van der Waals surface area contributed by atoms with E-state index in [0.717, 1.165) is 17.8 Å². The summed E-state index contributed by atoms with van der Waals surface area (Å²) in [6.45, 7) is 7.64. The molecule has 0 fully saturated rings. The number of hydrogen-bond acceptors (Lipinski definition) is 2. The Morgan fingerprint density at radius 2 is 2.00 bits per heavy atom. The van der Waals surface area contributed by atoms with E-state index in [-0.39, 0.29) is 5.91 Å². The van der Waals surface area contributed by atoms with E-state index in [1.807, 2.05) is 42.1 Å². The number of nitrogens with zero attached hydrogens (tertiary/aromatic N) is 2. The highest BCUT2D eigenvalue weighted by Crippen LogP contribution is 2.15. The molecule has 116 valence electrons. The van der Waals surface area contributed by atoms with Crippen LogP contribution in [0.1, 0.15) is 43.5 Å². The van der Waals surface area contributed by atoms with Crippen molar-refractivity contribution >= 4 is 12.0 Å². The molecule has 1 aromatic carbocycles. The van der Waals surface area contributed by atoms with Crippen molar-refractivity contribution < 1.29 is 4.79 Å². The fraction of sp³-hybridized carbons (Fsp3) is 0.333. The minimum absolute atomic E-state index is 0.112. The zero-order valence-electron chi connectivity index (χ0n) is 13.4. The molecule has 0 bridgehead atoms. The maximum atomic E-state index is 11.8. The fourth-order valence-corrected chi connectivity index (χ4v) is 2.07. The molecule has 4 nitrogen and oxygen atoms in total.